The molecule has 6 heterocycles. The van der Waals surface area contributed by atoms with Gasteiger partial charge in [-0.25, -0.2) is 0 Å². The smallest absolute Gasteiger partial charge is 0.252 e. The third-order valence-electron chi connectivity index (χ3n) is 19.6. The van der Waals surface area contributed by atoms with Crippen molar-refractivity contribution in [2.24, 2.45) is 0 Å². The molecule has 0 aliphatic carbocycles. The van der Waals surface area contributed by atoms with Crippen molar-refractivity contribution >= 4 is 175 Å². The largest absolute Gasteiger partial charge is 0.310 e. The highest BCUT2D eigenvalue weighted by Gasteiger charge is 2.42. The molecular formula is C78H43BN4. The lowest BCUT2D eigenvalue weighted by molar-refractivity contribution is 1.14. The van der Waals surface area contributed by atoms with Crippen molar-refractivity contribution in [3.63, 3.8) is 0 Å². The second-order valence-electron chi connectivity index (χ2n) is 23.4. The average Bonchev–Trinajstić information content (AvgIpc) is 1.80. The first-order chi connectivity index (χ1) is 41.2. The van der Waals surface area contributed by atoms with Gasteiger partial charge < -0.3 is 18.3 Å². The summed E-state index contributed by atoms with van der Waals surface area (Å²) in [5.74, 6) is 0. The van der Waals surface area contributed by atoms with E-state index in [1.165, 1.54) is 180 Å². The Morgan fingerprint density at radius 1 is 0.205 bits per heavy atom. The minimum Gasteiger partial charge on any atom is -0.310 e. The molecule has 21 rings (SSSR count). The molecule has 83 heavy (non-hydrogen) atoms. The van der Waals surface area contributed by atoms with E-state index >= 15 is 0 Å². The highest BCUT2D eigenvalue weighted by Crippen LogP contribution is 2.50. The van der Waals surface area contributed by atoms with Gasteiger partial charge in [0.2, 0.25) is 0 Å². The summed E-state index contributed by atoms with van der Waals surface area (Å²) in [5.41, 5.74) is 18.6. The van der Waals surface area contributed by atoms with Gasteiger partial charge in [-0.2, -0.15) is 0 Å². The van der Waals surface area contributed by atoms with Crippen molar-refractivity contribution in [1.82, 2.24) is 18.3 Å². The average molecular weight is 1050 g/mol. The Morgan fingerprint density at radius 2 is 0.590 bits per heavy atom. The van der Waals surface area contributed by atoms with E-state index in [-0.39, 0.29) is 6.71 Å². The Kier molecular flexibility index (Phi) is 7.83. The van der Waals surface area contributed by atoms with Gasteiger partial charge in [-0.15, -0.1) is 0 Å². The monoisotopic (exact) mass is 1050 g/mol. The van der Waals surface area contributed by atoms with Crippen molar-refractivity contribution < 1.29 is 0 Å². The Labute approximate surface area is 474 Å². The molecule has 19 aromatic rings. The highest BCUT2D eigenvalue weighted by atomic mass is 15.0. The van der Waals surface area contributed by atoms with Gasteiger partial charge in [-0.3, -0.25) is 0 Å². The molecule has 0 radical (unpaired) electrons. The van der Waals surface area contributed by atoms with E-state index in [4.69, 9.17) is 0 Å². The number of benzene rings is 15. The number of rotatable bonds is 2. The number of hydrogen-bond donors (Lipinski definition) is 0. The normalized spacial score (nSPS) is 13.0. The van der Waals surface area contributed by atoms with Crippen molar-refractivity contribution in [3.05, 3.63) is 261 Å². The van der Waals surface area contributed by atoms with E-state index < -0.39 is 0 Å². The predicted molar refractivity (Wildman–Crippen MR) is 353 cm³/mol. The van der Waals surface area contributed by atoms with Crippen LogP contribution in [0.5, 0.6) is 0 Å². The lowest BCUT2D eigenvalue weighted by Crippen LogP contribution is -2.59. The van der Waals surface area contributed by atoms with Crippen LogP contribution in [0.1, 0.15) is 0 Å². The molecule has 0 bridgehead atoms. The Bertz CT molecular complexity index is 6120. The van der Waals surface area contributed by atoms with Gasteiger partial charge in [0.1, 0.15) is 0 Å². The van der Waals surface area contributed by atoms with Gasteiger partial charge in [0.05, 0.1) is 38.6 Å². The summed E-state index contributed by atoms with van der Waals surface area (Å²) in [7, 11) is 0. The van der Waals surface area contributed by atoms with E-state index in [1.54, 1.807) is 0 Å². The fourth-order valence-electron chi connectivity index (χ4n) is 16.6. The van der Waals surface area contributed by atoms with Crippen molar-refractivity contribution in [2.45, 2.75) is 0 Å². The van der Waals surface area contributed by atoms with Crippen LogP contribution in [0.15, 0.2) is 261 Å². The summed E-state index contributed by atoms with van der Waals surface area (Å²) >= 11 is 0. The minimum atomic E-state index is -0.122. The molecule has 378 valence electrons. The molecule has 4 aromatic heterocycles. The molecule has 0 unspecified atom stereocenters. The third kappa shape index (κ3) is 5.14. The van der Waals surface area contributed by atoms with Crippen LogP contribution in [0.2, 0.25) is 0 Å². The van der Waals surface area contributed by atoms with Gasteiger partial charge >= 0.3 is 0 Å². The maximum Gasteiger partial charge on any atom is 0.252 e. The Balaban J connectivity index is 0.981. The first-order valence-electron chi connectivity index (χ1n) is 29.0. The third-order valence-corrected chi connectivity index (χ3v) is 19.6. The Morgan fingerprint density at radius 3 is 1.13 bits per heavy atom. The van der Waals surface area contributed by atoms with Crippen LogP contribution in [-0.2, 0) is 0 Å². The predicted octanol–water partition coefficient (Wildman–Crippen LogP) is 18.1. The molecule has 2 aliphatic heterocycles. The van der Waals surface area contributed by atoms with E-state index in [0.29, 0.717) is 0 Å². The van der Waals surface area contributed by atoms with Crippen LogP contribution in [0, 0.1) is 0 Å². The fourth-order valence-corrected chi connectivity index (χ4v) is 16.6. The molecule has 0 saturated heterocycles. The zero-order valence-corrected chi connectivity index (χ0v) is 44.7. The summed E-state index contributed by atoms with van der Waals surface area (Å²) in [6.45, 7) is -0.122. The fraction of sp³-hybridized carbons (Fsp3) is 0. The first-order valence-corrected chi connectivity index (χ1v) is 29.0. The first kappa shape index (κ1) is 43.0. The van der Waals surface area contributed by atoms with Gasteiger partial charge in [0.25, 0.3) is 6.71 Å². The van der Waals surface area contributed by atoms with Crippen LogP contribution < -0.4 is 16.4 Å². The molecule has 0 amide bonds. The quantitative estimate of drug-likeness (QED) is 0.121. The zero-order chi connectivity index (χ0) is 53.5. The molecule has 0 fully saturated rings. The number of para-hydroxylation sites is 4. The number of hydrogen-bond acceptors (Lipinski definition) is 0. The van der Waals surface area contributed by atoms with Crippen LogP contribution in [0.25, 0.3) is 175 Å². The highest BCUT2D eigenvalue weighted by molar-refractivity contribution is 7.00. The van der Waals surface area contributed by atoms with Gasteiger partial charge in [0.15, 0.2) is 0 Å². The van der Waals surface area contributed by atoms with E-state index in [2.05, 4.69) is 279 Å². The van der Waals surface area contributed by atoms with Gasteiger partial charge in [0, 0.05) is 82.1 Å². The van der Waals surface area contributed by atoms with Crippen LogP contribution in [0.4, 0.5) is 0 Å². The second kappa shape index (κ2) is 15.1. The standard InChI is InChI=1S/C78H43BN4/c1-3-22-50-46(18-1)48-20-5-7-28-56(48)72-58(50)37-39-69-74(72)75-73-57-29-8-6-21-49(57)47-19-2-4-23-51(47)60(73)43-63-78(75)83(69)71-35-17-34-70-76(71)79(63)62-42-45(81-66-32-15-11-26-54(66)55-27-12-16-33-67(55)81)41-61-59-40-44(36-38-68(59)82(70)77(61)62)80-64-30-13-9-24-52(64)53-25-10-14-31-65(53)80/h1-43H. The van der Waals surface area contributed by atoms with Crippen molar-refractivity contribution in [1.29, 1.82) is 0 Å². The van der Waals surface area contributed by atoms with Gasteiger partial charge in [-0.1, -0.05) is 188 Å². The maximum absolute atomic E-state index is 2.69. The van der Waals surface area contributed by atoms with E-state index in [0.717, 1.165) is 11.4 Å². The van der Waals surface area contributed by atoms with Crippen LogP contribution >= 0.6 is 0 Å². The molecule has 0 spiro atoms. The van der Waals surface area contributed by atoms with E-state index in [9.17, 15) is 0 Å². The van der Waals surface area contributed by atoms with Crippen LogP contribution in [0.3, 0.4) is 0 Å². The summed E-state index contributed by atoms with van der Waals surface area (Å²) in [6.07, 6.45) is 0. The maximum atomic E-state index is 2.69. The van der Waals surface area contributed by atoms with E-state index in [1.807, 2.05) is 0 Å². The van der Waals surface area contributed by atoms with Gasteiger partial charge in [-0.05, 0) is 143 Å². The molecule has 0 atom stereocenters. The zero-order valence-electron chi connectivity index (χ0n) is 44.7. The van der Waals surface area contributed by atoms with Crippen molar-refractivity contribution in [3.8, 4) is 22.7 Å². The summed E-state index contributed by atoms with van der Waals surface area (Å²) in [4.78, 5) is 0. The number of fused-ring (bicyclic) bond motifs is 30. The SMILES string of the molecule is c1cc2c3c(c1)-n1c4ccc5c6ccccc6c6ccccc6c5c4c4c5c6ccccc6c6ccccc6c5cc(c41)B3c1cc(-n3c4ccccc4c4ccccc43)cc3c4cc(-n5c6ccccc6c6ccccc65)ccc4n-2c13. The molecule has 0 N–H and O–H groups in total. The molecule has 15 aromatic carbocycles. The second-order valence-corrected chi connectivity index (χ2v) is 23.4. The topological polar surface area (TPSA) is 19.7 Å². The Hall–Kier alpha value is -10.9. The van der Waals surface area contributed by atoms with Crippen LogP contribution in [-0.4, -0.2) is 25.0 Å². The van der Waals surface area contributed by atoms with Crippen molar-refractivity contribution in [2.75, 3.05) is 0 Å². The number of aromatic nitrogens is 4. The lowest BCUT2D eigenvalue weighted by atomic mass is 9.34. The lowest BCUT2D eigenvalue weighted by Gasteiger charge is -2.34. The minimum absolute atomic E-state index is 0.122. The molecule has 5 heteroatoms. The molecule has 2 aliphatic rings. The summed E-state index contributed by atoms with van der Waals surface area (Å²) in [6, 6.07) is 99.3. The molecule has 4 nitrogen and oxygen atoms in total. The molecular weight excluding hydrogens is 1000 g/mol. The summed E-state index contributed by atoms with van der Waals surface area (Å²) in [5, 5.41) is 25.6. The molecule has 0 saturated carbocycles. The summed E-state index contributed by atoms with van der Waals surface area (Å²) < 4.78 is 10.3. The number of nitrogens with zero attached hydrogens (tertiary/aromatic N) is 4.